The lowest BCUT2D eigenvalue weighted by Crippen LogP contribution is -2.15. The first-order chi connectivity index (χ1) is 8.81. The molecule has 2 N–H and O–H groups in total. The molecule has 0 saturated heterocycles. The van der Waals surface area contributed by atoms with Crippen LogP contribution in [0.5, 0.6) is 0 Å². The highest BCUT2D eigenvalue weighted by Crippen LogP contribution is 2.24. The number of benzene rings is 1. The Morgan fingerprint density at radius 3 is 2.32 bits per heavy atom. The maximum Gasteiger partial charge on any atom is 0.306 e. The third-order valence-corrected chi connectivity index (χ3v) is 5.18. The van der Waals surface area contributed by atoms with Gasteiger partial charge >= 0.3 is 4.87 Å². The van der Waals surface area contributed by atoms with E-state index in [9.17, 15) is 22.0 Å². The molecule has 0 saturated carbocycles. The fraction of sp³-hybridized carbons (Fsp3) is 0.100. The van der Waals surface area contributed by atoms with E-state index in [-0.39, 0.29) is 9.90 Å². The number of hydrogen-bond donors (Lipinski definition) is 2. The van der Waals surface area contributed by atoms with E-state index in [0.717, 1.165) is 18.2 Å². The molecule has 0 atom stereocenters. The van der Waals surface area contributed by atoms with Crippen LogP contribution >= 0.6 is 11.3 Å². The van der Waals surface area contributed by atoms with Crippen LogP contribution < -0.4 is 9.60 Å². The Morgan fingerprint density at radius 2 is 1.84 bits per heavy atom. The molecule has 0 aliphatic rings. The molecule has 102 valence electrons. The van der Waals surface area contributed by atoms with Crippen LogP contribution in [0.3, 0.4) is 0 Å². The lowest BCUT2D eigenvalue weighted by atomic mass is 10.3. The number of halogens is 2. The van der Waals surface area contributed by atoms with Gasteiger partial charge in [0.25, 0.3) is 10.0 Å². The van der Waals surface area contributed by atoms with E-state index < -0.39 is 32.2 Å². The molecule has 9 heteroatoms. The van der Waals surface area contributed by atoms with Gasteiger partial charge in [0.1, 0.15) is 17.3 Å². The summed E-state index contributed by atoms with van der Waals surface area (Å²) < 4.78 is 52.1. The molecular weight excluding hydrogens is 298 g/mol. The largest absolute Gasteiger partial charge is 0.315 e. The molecule has 0 unspecified atom stereocenters. The molecule has 2 aromatic rings. The number of anilines is 1. The molecule has 0 bridgehead atoms. The number of aromatic amines is 1. The second kappa shape index (κ2) is 4.74. The van der Waals surface area contributed by atoms with Crippen LogP contribution in [0.1, 0.15) is 5.69 Å². The normalized spacial score (nSPS) is 11.5. The molecule has 0 amide bonds. The molecule has 19 heavy (non-hydrogen) atoms. The zero-order valence-corrected chi connectivity index (χ0v) is 11.2. The topological polar surface area (TPSA) is 79.0 Å². The van der Waals surface area contributed by atoms with Crippen molar-refractivity contribution in [1.29, 1.82) is 0 Å². The summed E-state index contributed by atoms with van der Waals surface area (Å²) >= 11 is 0.446. The van der Waals surface area contributed by atoms with Gasteiger partial charge in [0, 0.05) is 5.69 Å². The maximum atomic E-state index is 13.4. The summed E-state index contributed by atoms with van der Waals surface area (Å²) in [5.74, 6) is -2.08. The number of rotatable bonds is 3. The summed E-state index contributed by atoms with van der Waals surface area (Å²) in [5, 5.41) is 0. The van der Waals surface area contributed by atoms with Gasteiger partial charge in [-0.3, -0.25) is 9.52 Å². The number of hydrogen-bond acceptors (Lipinski definition) is 4. The van der Waals surface area contributed by atoms with Crippen LogP contribution in [-0.2, 0) is 10.0 Å². The van der Waals surface area contributed by atoms with Gasteiger partial charge < -0.3 is 4.98 Å². The number of thiazole rings is 1. The number of aryl methyl sites for hydroxylation is 1. The Morgan fingerprint density at radius 1 is 1.26 bits per heavy atom. The Labute approximate surface area is 111 Å². The Kier molecular flexibility index (Phi) is 3.42. The molecule has 1 heterocycles. The highest BCUT2D eigenvalue weighted by atomic mass is 32.2. The standard InChI is InChI=1S/C10H8F2N2O3S2/c1-5-9(18-10(15)13-5)19(16,17)14-8-6(11)3-2-4-7(8)12/h2-4,14H,1H3,(H,13,15). The summed E-state index contributed by atoms with van der Waals surface area (Å²) in [5.41, 5.74) is -0.665. The van der Waals surface area contributed by atoms with Crippen molar-refractivity contribution in [3.05, 3.63) is 45.2 Å². The van der Waals surface area contributed by atoms with Crippen molar-refractivity contribution in [1.82, 2.24) is 4.98 Å². The van der Waals surface area contributed by atoms with Crippen LogP contribution in [0, 0.1) is 18.6 Å². The third-order valence-electron chi connectivity index (χ3n) is 2.22. The van der Waals surface area contributed by atoms with Crippen LogP contribution in [0.25, 0.3) is 0 Å². The van der Waals surface area contributed by atoms with Crippen molar-refractivity contribution in [2.75, 3.05) is 4.72 Å². The molecule has 0 aliphatic carbocycles. The zero-order chi connectivity index (χ0) is 14.2. The van der Waals surface area contributed by atoms with Gasteiger partial charge in [0.2, 0.25) is 0 Å². The fourth-order valence-electron chi connectivity index (χ4n) is 1.42. The van der Waals surface area contributed by atoms with Gasteiger partial charge in [-0.2, -0.15) is 0 Å². The molecular formula is C10H8F2N2O3S2. The Hall–Kier alpha value is -1.74. The summed E-state index contributed by atoms with van der Waals surface area (Å²) in [4.78, 5) is 12.8. The number of nitrogens with one attached hydrogen (secondary N) is 2. The first kappa shape index (κ1) is 13.7. The minimum atomic E-state index is -4.21. The van der Waals surface area contributed by atoms with E-state index in [1.165, 1.54) is 6.92 Å². The highest BCUT2D eigenvalue weighted by Gasteiger charge is 2.23. The molecule has 0 aliphatic heterocycles. The van der Waals surface area contributed by atoms with Gasteiger partial charge in [0.05, 0.1) is 0 Å². The van der Waals surface area contributed by atoms with E-state index in [2.05, 4.69) is 4.98 Å². The van der Waals surface area contributed by atoms with E-state index >= 15 is 0 Å². The monoisotopic (exact) mass is 306 g/mol. The van der Waals surface area contributed by atoms with Gasteiger partial charge in [-0.1, -0.05) is 17.4 Å². The van der Waals surface area contributed by atoms with Crippen LogP contribution in [0.15, 0.2) is 27.2 Å². The summed E-state index contributed by atoms with van der Waals surface area (Å²) in [7, 11) is -4.21. The van der Waals surface area contributed by atoms with E-state index in [4.69, 9.17) is 0 Å². The fourth-order valence-corrected chi connectivity index (χ4v) is 3.80. The van der Waals surface area contributed by atoms with Crippen molar-refractivity contribution in [2.24, 2.45) is 0 Å². The minimum Gasteiger partial charge on any atom is -0.315 e. The predicted octanol–water partition coefficient (Wildman–Crippen LogP) is 1.82. The van der Waals surface area contributed by atoms with E-state index in [0.29, 0.717) is 11.3 Å². The van der Waals surface area contributed by atoms with Gasteiger partial charge in [-0.15, -0.1) is 0 Å². The van der Waals surface area contributed by atoms with E-state index in [1.807, 2.05) is 0 Å². The van der Waals surface area contributed by atoms with Crippen molar-refractivity contribution in [3.63, 3.8) is 0 Å². The molecule has 1 aromatic carbocycles. The molecule has 1 aromatic heterocycles. The minimum absolute atomic E-state index is 0.110. The quantitative estimate of drug-likeness (QED) is 0.908. The number of para-hydroxylation sites is 1. The number of aromatic nitrogens is 1. The molecule has 0 radical (unpaired) electrons. The predicted molar refractivity (Wildman–Crippen MR) is 66.8 cm³/mol. The molecule has 0 spiro atoms. The molecule has 2 rings (SSSR count). The Balaban J connectivity index is 2.48. The van der Waals surface area contributed by atoms with Gasteiger partial charge in [-0.25, -0.2) is 17.2 Å². The van der Waals surface area contributed by atoms with Crippen molar-refractivity contribution < 1.29 is 17.2 Å². The first-order valence-electron chi connectivity index (χ1n) is 4.98. The smallest absolute Gasteiger partial charge is 0.306 e. The van der Waals surface area contributed by atoms with Crippen molar-refractivity contribution >= 4 is 27.0 Å². The second-order valence-corrected chi connectivity index (χ2v) is 6.49. The lowest BCUT2D eigenvalue weighted by molar-refractivity contribution is 0.583. The number of H-pyrrole nitrogens is 1. The third kappa shape index (κ3) is 2.66. The second-order valence-electron chi connectivity index (χ2n) is 3.63. The van der Waals surface area contributed by atoms with Crippen molar-refractivity contribution in [3.8, 4) is 0 Å². The lowest BCUT2D eigenvalue weighted by Gasteiger charge is -2.08. The van der Waals surface area contributed by atoms with Crippen molar-refractivity contribution in [2.45, 2.75) is 11.1 Å². The number of sulfonamides is 1. The SMILES string of the molecule is Cc1[nH]c(=O)sc1S(=O)(=O)Nc1c(F)cccc1F. The first-order valence-corrected chi connectivity index (χ1v) is 7.28. The van der Waals surface area contributed by atoms with E-state index in [1.54, 1.807) is 4.72 Å². The van der Waals surface area contributed by atoms with Crippen LogP contribution in [0.4, 0.5) is 14.5 Å². The average molecular weight is 306 g/mol. The summed E-state index contributed by atoms with van der Waals surface area (Å²) in [6.45, 7) is 1.38. The zero-order valence-electron chi connectivity index (χ0n) is 9.53. The van der Waals surface area contributed by atoms with Crippen LogP contribution in [-0.4, -0.2) is 13.4 Å². The highest BCUT2D eigenvalue weighted by molar-refractivity contribution is 7.94. The van der Waals surface area contributed by atoms with Crippen LogP contribution in [0.2, 0.25) is 0 Å². The maximum absolute atomic E-state index is 13.4. The molecule has 5 nitrogen and oxygen atoms in total. The average Bonchev–Trinajstić information content (AvgIpc) is 2.64. The van der Waals surface area contributed by atoms with Gasteiger partial charge in [0.15, 0.2) is 4.21 Å². The van der Waals surface area contributed by atoms with Gasteiger partial charge in [-0.05, 0) is 19.1 Å². The summed E-state index contributed by atoms with van der Waals surface area (Å²) in [6, 6.07) is 2.96. The molecule has 0 fully saturated rings. The summed E-state index contributed by atoms with van der Waals surface area (Å²) in [6.07, 6.45) is 0. The Bertz CT molecular complexity index is 760.